The molecule has 0 aliphatic carbocycles. The lowest BCUT2D eigenvalue weighted by atomic mass is 10.1. The van der Waals surface area contributed by atoms with E-state index in [0.717, 1.165) is 32.0 Å². The van der Waals surface area contributed by atoms with E-state index in [-0.39, 0.29) is 12.5 Å². The van der Waals surface area contributed by atoms with E-state index >= 15 is 0 Å². The van der Waals surface area contributed by atoms with E-state index in [0.29, 0.717) is 18.2 Å². The molecule has 1 saturated heterocycles. The highest BCUT2D eigenvalue weighted by Gasteiger charge is 2.16. The third kappa shape index (κ3) is 7.97. The number of carbonyl (C=O) groups excluding carboxylic acids is 1. The number of pyridine rings is 1. The van der Waals surface area contributed by atoms with Crippen molar-refractivity contribution in [3.05, 3.63) is 42.2 Å². The number of hydrogen-bond acceptors (Lipinski definition) is 8. The smallest absolute Gasteiger partial charge is 0.337 e. The molecule has 1 aromatic heterocycles. The minimum atomic E-state index is -1.27. The van der Waals surface area contributed by atoms with Gasteiger partial charge in [-0.2, -0.15) is 0 Å². The number of esters is 1. The Bertz CT molecular complexity index is 671. The molecule has 27 heavy (non-hydrogen) atoms. The maximum atomic E-state index is 11.7. The molecule has 9 heteroatoms. The van der Waals surface area contributed by atoms with Gasteiger partial charge < -0.3 is 24.7 Å². The van der Waals surface area contributed by atoms with Crippen LogP contribution in [0.1, 0.15) is 24.8 Å². The van der Waals surface area contributed by atoms with Gasteiger partial charge in [-0.15, -0.1) is 0 Å². The van der Waals surface area contributed by atoms with Gasteiger partial charge in [0, 0.05) is 31.1 Å². The molecule has 1 atom stereocenters. The van der Waals surface area contributed by atoms with Gasteiger partial charge in [-0.1, -0.05) is 6.42 Å². The van der Waals surface area contributed by atoms with E-state index in [9.17, 15) is 14.7 Å². The van der Waals surface area contributed by atoms with E-state index in [1.165, 1.54) is 18.8 Å². The second kappa shape index (κ2) is 11.0. The average molecular weight is 377 g/mol. The van der Waals surface area contributed by atoms with Crippen LogP contribution in [-0.2, 0) is 19.2 Å². The van der Waals surface area contributed by atoms with Gasteiger partial charge in [0.25, 0.3) is 5.90 Å². The predicted molar refractivity (Wildman–Crippen MR) is 95.9 cm³/mol. The molecule has 0 aromatic carbocycles. The Morgan fingerprint density at radius 2 is 2.07 bits per heavy atom. The predicted octanol–water partition coefficient (Wildman–Crippen LogP) is 0.791. The Hall–Kier alpha value is -2.78. The molecule has 1 fully saturated rings. The number of aromatic nitrogens is 1. The number of ether oxygens (including phenoxy) is 1. The Balaban J connectivity index is 1.93. The summed E-state index contributed by atoms with van der Waals surface area (Å²) in [6.07, 6.45) is 7.10. The molecule has 1 aromatic rings. The second-order valence-electron chi connectivity index (χ2n) is 6.04. The second-order valence-corrected chi connectivity index (χ2v) is 6.04. The van der Waals surface area contributed by atoms with Gasteiger partial charge in [0.2, 0.25) is 0 Å². The molecule has 2 N–H and O–H groups in total. The quantitative estimate of drug-likeness (QED) is 0.224. The van der Waals surface area contributed by atoms with E-state index in [1.54, 1.807) is 12.1 Å². The van der Waals surface area contributed by atoms with E-state index in [4.69, 9.17) is 14.7 Å². The van der Waals surface area contributed by atoms with Gasteiger partial charge >= 0.3 is 11.9 Å². The van der Waals surface area contributed by atoms with Crippen molar-refractivity contribution in [1.82, 2.24) is 9.88 Å². The van der Waals surface area contributed by atoms with Crippen molar-refractivity contribution >= 4 is 17.8 Å². The first-order chi connectivity index (χ1) is 13.0. The van der Waals surface area contributed by atoms with Gasteiger partial charge in [0.15, 0.2) is 0 Å². The summed E-state index contributed by atoms with van der Waals surface area (Å²) in [5.41, 5.74) is 0.375. The third-order valence-electron chi connectivity index (χ3n) is 3.80. The average Bonchev–Trinajstić information content (AvgIpc) is 2.67. The summed E-state index contributed by atoms with van der Waals surface area (Å²) in [7, 11) is 0. The Morgan fingerprint density at radius 1 is 1.30 bits per heavy atom. The lowest BCUT2D eigenvalue weighted by molar-refractivity contribution is -0.133. The normalized spacial score (nSPS) is 16.9. The molecule has 0 amide bonds. The molecule has 2 heterocycles. The van der Waals surface area contributed by atoms with Crippen LogP contribution >= 0.6 is 0 Å². The van der Waals surface area contributed by atoms with Gasteiger partial charge in [0.1, 0.15) is 12.7 Å². The number of likely N-dealkylation sites (tertiary alicyclic amines) is 1. The molecule has 1 aliphatic heterocycles. The number of carboxylic acid groups (broad SMARTS) is 1. The molecular formula is C18H23N3O6. The van der Waals surface area contributed by atoms with Gasteiger partial charge in [-0.25, -0.2) is 9.59 Å². The lowest BCUT2D eigenvalue weighted by Crippen LogP contribution is -2.38. The summed E-state index contributed by atoms with van der Waals surface area (Å²) in [4.78, 5) is 33.4. The summed E-state index contributed by atoms with van der Waals surface area (Å²) in [6.45, 7) is 2.32. The molecule has 0 spiro atoms. The first-order valence-corrected chi connectivity index (χ1v) is 8.68. The lowest BCUT2D eigenvalue weighted by Gasteiger charge is -2.27. The number of rotatable bonds is 8. The Morgan fingerprint density at radius 3 is 2.74 bits per heavy atom. The number of carboxylic acids is 1. The molecule has 0 bridgehead atoms. The highest BCUT2D eigenvalue weighted by Crippen LogP contribution is 2.09. The van der Waals surface area contributed by atoms with Crippen molar-refractivity contribution in [2.75, 3.05) is 26.2 Å². The number of carbonyl (C=O) groups is 2. The number of aliphatic hydroxyl groups excluding tert-OH is 1. The van der Waals surface area contributed by atoms with Crippen LogP contribution in [0, 0.1) is 0 Å². The monoisotopic (exact) mass is 377 g/mol. The third-order valence-corrected chi connectivity index (χ3v) is 3.80. The number of aliphatic hydroxyl groups is 1. The molecule has 1 aliphatic rings. The number of piperidine rings is 1. The summed E-state index contributed by atoms with van der Waals surface area (Å²) in [5, 5.41) is 22.4. The van der Waals surface area contributed by atoms with Gasteiger partial charge in [0.05, 0.1) is 5.56 Å². The van der Waals surface area contributed by atoms with Crippen LogP contribution < -0.4 is 0 Å². The van der Waals surface area contributed by atoms with E-state index in [1.807, 2.05) is 0 Å². The van der Waals surface area contributed by atoms with Crippen LogP contribution in [-0.4, -0.2) is 70.3 Å². The van der Waals surface area contributed by atoms with Crippen LogP contribution in [0.3, 0.4) is 0 Å². The molecular weight excluding hydrogens is 354 g/mol. The number of oxime groups is 1. The van der Waals surface area contributed by atoms with E-state index in [2.05, 4.69) is 15.0 Å². The number of β-amino-alcohol motifs (C(OH)–C–C–N with tert-alkyl or cyclic N) is 1. The zero-order valence-corrected chi connectivity index (χ0v) is 14.9. The fourth-order valence-corrected chi connectivity index (χ4v) is 2.56. The fraction of sp³-hybridized carbons (Fsp3) is 0.444. The van der Waals surface area contributed by atoms with Crippen molar-refractivity contribution < 1.29 is 29.4 Å². The summed E-state index contributed by atoms with van der Waals surface area (Å²) in [5.74, 6) is -2.37. The van der Waals surface area contributed by atoms with Crippen molar-refractivity contribution in [3.63, 3.8) is 0 Å². The van der Waals surface area contributed by atoms with Crippen molar-refractivity contribution in [2.24, 2.45) is 5.16 Å². The molecule has 9 nitrogen and oxygen atoms in total. The molecule has 2 rings (SSSR count). The Labute approximate surface area is 156 Å². The van der Waals surface area contributed by atoms with E-state index < -0.39 is 18.0 Å². The topological polar surface area (TPSA) is 122 Å². The molecule has 1 unspecified atom stereocenters. The molecule has 146 valence electrons. The maximum absolute atomic E-state index is 11.7. The highest BCUT2D eigenvalue weighted by molar-refractivity contribution is 6.03. The van der Waals surface area contributed by atoms with Crippen LogP contribution in [0.25, 0.3) is 0 Å². The molecule has 0 saturated carbocycles. The standard InChI is InChI=1S/C18H23N3O6/c22-15(12-21-9-2-1-3-10-21)13-26-20-18(14-5-4-8-19-11-14)27-17(25)7-6-16(23)24/h4-8,11,15,22H,1-3,9-10,12-13H2,(H,23,24)/b7-6?,20-18-. The van der Waals surface area contributed by atoms with Crippen LogP contribution in [0.2, 0.25) is 0 Å². The van der Waals surface area contributed by atoms with Crippen LogP contribution in [0.4, 0.5) is 0 Å². The number of aliphatic carboxylic acids is 1. The van der Waals surface area contributed by atoms with Crippen LogP contribution in [0.5, 0.6) is 0 Å². The summed E-state index contributed by atoms with van der Waals surface area (Å²) in [6, 6.07) is 3.23. The molecule has 0 radical (unpaired) electrons. The zero-order chi connectivity index (χ0) is 19.5. The SMILES string of the molecule is O=C(O)C=CC(=O)O/C(=N\OCC(O)CN1CCCCC1)c1cccnc1. The summed E-state index contributed by atoms with van der Waals surface area (Å²) >= 11 is 0. The van der Waals surface area contributed by atoms with Crippen LogP contribution in [0.15, 0.2) is 41.8 Å². The van der Waals surface area contributed by atoms with Gasteiger partial charge in [-0.05, 0) is 43.2 Å². The largest absolute Gasteiger partial charge is 0.478 e. The van der Waals surface area contributed by atoms with Crippen molar-refractivity contribution in [1.29, 1.82) is 0 Å². The zero-order valence-electron chi connectivity index (χ0n) is 14.9. The highest BCUT2D eigenvalue weighted by atomic mass is 16.7. The minimum absolute atomic E-state index is 0.0667. The number of nitrogens with zero attached hydrogens (tertiary/aromatic N) is 3. The summed E-state index contributed by atoms with van der Waals surface area (Å²) < 4.78 is 5.02. The van der Waals surface area contributed by atoms with Crippen molar-refractivity contribution in [2.45, 2.75) is 25.4 Å². The first kappa shape index (κ1) is 20.5. The maximum Gasteiger partial charge on any atom is 0.337 e. The minimum Gasteiger partial charge on any atom is -0.478 e. The van der Waals surface area contributed by atoms with Crippen molar-refractivity contribution in [3.8, 4) is 0 Å². The Kier molecular flexibility index (Phi) is 8.40. The first-order valence-electron chi connectivity index (χ1n) is 8.68. The fourth-order valence-electron chi connectivity index (χ4n) is 2.56. The van der Waals surface area contributed by atoms with Gasteiger partial charge in [-0.3, -0.25) is 4.98 Å². The number of hydrogen-bond donors (Lipinski definition) is 2.